The number of amides is 2. The van der Waals surface area contributed by atoms with Gasteiger partial charge in [0.15, 0.2) is 5.13 Å². The van der Waals surface area contributed by atoms with Crippen molar-refractivity contribution in [1.82, 2.24) is 9.88 Å². The van der Waals surface area contributed by atoms with Gasteiger partial charge in [0.2, 0.25) is 0 Å². The van der Waals surface area contributed by atoms with E-state index in [9.17, 15) is 4.79 Å². The van der Waals surface area contributed by atoms with Gasteiger partial charge in [-0.05, 0) is 13.3 Å². The van der Waals surface area contributed by atoms with Gasteiger partial charge in [0, 0.05) is 19.0 Å². The van der Waals surface area contributed by atoms with Crippen LogP contribution in [0.15, 0.2) is 5.38 Å². The van der Waals surface area contributed by atoms with E-state index in [0.717, 1.165) is 25.1 Å². The Morgan fingerprint density at radius 1 is 1.67 bits per heavy atom. The molecule has 0 bridgehead atoms. The number of thiazole rings is 1. The molecule has 1 N–H and O–H groups in total. The molecule has 84 valence electrons. The third-order valence-electron chi connectivity index (χ3n) is 2.03. The first kappa shape index (κ1) is 12.0. The summed E-state index contributed by atoms with van der Waals surface area (Å²) in [5.74, 6) is 0. The maximum atomic E-state index is 11.6. The zero-order valence-electron chi connectivity index (χ0n) is 9.41. The second-order valence-electron chi connectivity index (χ2n) is 3.50. The van der Waals surface area contributed by atoms with E-state index in [4.69, 9.17) is 0 Å². The third-order valence-corrected chi connectivity index (χ3v) is 2.90. The summed E-state index contributed by atoms with van der Waals surface area (Å²) in [4.78, 5) is 17.5. The van der Waals surface area contributed by atoms with Crippen LogP contribution in [0.25, 0.3) is 0 Å². The largest absolute Gasteiger partial charge is 0.328 e. The number of nitrogens with one attached hydrogen (secondary N) is 1. The highest BCUT2D eigenvalue weighted by Gasteiger charge is 2.09. The lowest BCUT2D eigenvalue weighted by molar-refractivity contribution is 0.222. The van der Waals surface area contributed by atoms with Crippen LogP contribution in [0.5, 0.6) is 0 Å². The molecular weight excluding hydrogens is 210 g/mol. The molecular formula is C10H17N3OS. The van der Waals surface area contributed by atoms with Gasteiger partial charge in [-0.25, -0.2) is 9.78 Å². The zero-order chi connectivity index (χ0) is 11.3. The van der Waals surface area contributed by atoms with E-state index in [2.05, 4.69) is 17.2 Å². The standard InChI is InChI=1S/C10H17N3OS/c1-4-5-6-13(3)10(14)12-9-11-8(2)7-15-9/h7H,4-6H2,1-3H3,(H,11,12,14). The molecule has 0 radical (unpaired) electrons. The Bertz CT molecular complexity index is 324. The van der Waals surface area contributed by atoms with Crippen LogP contribution in [-0.2, 0) is 0 Å². The van der Waals surface area contributed by atoms with Crippen LogP contribution in [0.3, 0.4) is 0 Å². The summed E-state index contributed by atoms with van der Waals surface area (Å²) in [5, 5.41) is 5.35. The predicted octanol–water partition coefficient (Wildman–Crippen LogP) is 2.72. The first-order chi connectivity index (χ1) is 7.13. The molecule has 15 heavy (non-hydrogen) atoms. The first-order valence-electron chi connectivity index (χ1n) is 5.07. The molecule has 0 aromatic carbocycles. The molecule has 1 aromatic rings. The summed E-state index contributed by atoms with van der Waals surface area (Å²) < 4.78 is 0. The predicted molar refractivity (Wildman–Crippen MR) is 63.4 cm³/mol. The van der Waals surface area contributed by atoms with Gasteiger partial charge in [-0.1, -0.05) is 13.3 Å². The fourth-order valence-corrected chi connectivity index (χ4v) is 1.77. The average Bonchev–Trinajstić information content (AvgIpc) is 2.60. The number of aryl methyl sites for hydroxylation is 1. The highest BCUT2D eigenvalue weighted by molar-refractivity contribution is 7.13. The van der Waals surface area contributed by atoms with Crippen molar-refractivity contribution in [3.05, 3.63) is 11.1 Å². The van der Waals surface area contributed by atoms with Crippen LogP contribution in [0.2, 0.25) is 0 Å². The van der Waals surface area contributed by atoms with E-state index < -0.39 is 0 Å². The van der Waals surface area contributed by atoms with Crippen LogP contribution in [0, 0.1) is 6.92 Å². The second-order valence-corrected chi connectivity index (χ2v) is 4.36. The quantitative estimate of drug-likeness (QED) is 0.859. The minimum Gasteiger partial charge on any atom is -0.328 e. The molecule has 1 rings (SSSR count). The molecule has 4 nitrogen and oxygen atoms in total. The molecule has 0 spiro atoms. The normalized spacial score (nSPS) is 10.1. The number of carbonyl (C=O) groups is 1. The molecule has 0 atom stereocenters. The molecule has 0 fully saturated rings. The molecule has 0 aliphatic carbocycles. The van der Waals surface area contributed by atoms with Gasteiger partial charge in [-0.15, -0.1) is 11.3 Å². The van der Waals surface area contributed by atoms with E-state index in [0.29, 0.717) is 5.13 Å². The van der Waals surface area contributed by atoms with Crippen molar-refractivity contribution < 1.29 is 4.79 Å². The summed E-state index contributed by atoms with van der Waals surface area (Å²) in [7, 11) is 1.80. The lowest BCUT2D eigenvalue weighted by Gasteiger charge is -2.16. The second kappa shape index (κ2) is 5.70. The van der Waals surface area contributed by atoms with E-state index >= 15 is 0 Å². The van der Waals surface area contributed by atoms with Crippen LogP contribution in [0.4, 0.5) is 9.93 Å². The van der Waals surface area contributed by atoms with Crippen molar-refractivity contribution in [1.29, 1.82) is 0 Å². The number of rotatable bonds is 4. The average molecular weight is 227 g/mol. The van der Waals surface area contributed by atoms with Gasteiger partial charge in [0.05, 0.1) is 5.69 Å². The van der Waals surface area contributed by atoms with E-state index in [1.54, 1.807) is 11.9 Å². The maximum absolute atomic E-state index is 11.6. The Balaban J connectivity index is 2.41. The van der Waals surface area contributed by atoms with Crippen molar-refractivity contribution >= 4 is 22.5 Å². The molecule has 0 unspecified atom stereocenters. The first-order valence-corrected chi connectivity index (χ1v) is 5.95. The number of hydrogen-bond donors (Lipinski definition) is 1. The molecule has 1 aromatic heterocycles. The zero-order valence-corrected chi connectivity index (χ0v) is 10.2. The molecule has 0 saturated carbocycles. The summed E-state index contributed by atoms with van der Waals surface area (Å²) in [5.41, 5.74) is 0.937. The van der Waals surface area contributed by atoms with Gasteiger partial charge in [0.1, 0.15) is 0 Å². The molecule has 0 aliphatic rings. The Morgan fingerprint density at radius 3 is 2.93 bits per heavy atom. The monoisotopic (exact) mass is 227 g/mol. The van der Waals surface area contributed by atoms with Gasteiger partial charge in [-0.3, -0.25) is 5.32 Å². The van der Waals surface area contributed by atoms with Crippen molar-refractivity contribution in [2.24, 2.45) is 0 Å². The van der Waals surface area contributed by atoms with Gasteiger partial charge >= 0.3 is 6.03 Å². The molecule has 2 amide bonds. The van der Waals surface area contributed by atoms with Crippen molar-refractivity contribution in [2.75, 3.05) is 18.9 Å². The topological polar surface area (TPSA) is 45.2 Å². The van der Waals surface area contributed by atoms with Crippen LogP contribution in [0.1, 0.15) is 25.5 Å². The van der Waals surface area contributed by atoms with Crippen molar-refractivity contribution in [3.63, 3.8) is 0 Å². The van der Waals surface area contributed by atoms with Crippen molar-refractivity contribution in [3.8, 4) is 0 Å². The van der Waals surface area contributed by atoms with Crippen molar-refractivity contribution in [2.45, 2.75) is 26.7 Å². The van der Waals surface area contributed by atoms with E-state index in [1.165, 1.54) is 11.3 Å². The third kappa shape index (κ3) is 3.87. The van der Waals surface area contributed by atoms with Gasteiger partial charge in [0.25, 0.3) is 0 Å². The Hall–Kier alpha value is -1.10. The minimum atomic E-state index is -0.0854. The van der Waals surface area contributed by atoms with Gasteiger partial charge < -0.3 is 4.90 Å². The number of hydrogen-bond acceptors (Lipinski definition) is 3. The van der Waals surface area contributed by atoms with Crippen LogP contribution < -0.4 is 5.32 Å². The number of aromatic nitrogens is 1. The Kier molecular flexibility index (Phi) is 4.55. The number of urea groups is 1. The summed E-state index contributed by atoms with van der Waals surface area (Å²) in [6.45, 7) is 4.80. The Labute approximate surface area is 94.3 Å². The molecule has 0 aliphatic heterocycles. The smallest absolute Gasteiger partial charge is 0.323 e. The highest BCUT2D eigenvalue weighted by atomic mass is 32.1. The fourth-order valence-electron chi connectivity index (χ4n) is 1.10. The number of carbonyl (C=O) groups excluding carboxylic acids is 1. The Morgan fingerprint density at radius 2 is 2.40 bits per heavy atom. The molecule has 1 heterocycles. The lowest BCUT2D eigenvalue weighted by atomic mass is 10.3. The number of anilines is 1. The number of nitrogens with zero attached hydrogens (tertiary/aromatic N) is 2. The molecule has 5 heteroatoms. The van der Waals surface area contributed by atoms with E-state index in [1.807, 2.05) is 12.3 Å². The van der Waals surface area contributed by atoms with E-state index in [-0.39, 0.29) is 6.03 Å². The number of unbranched alkanes of at least 4 members (excludes halogenated alkanes) is 1. The lowest BCUT2D eigenvalue weighted by Crippen LogP contribution is -2.32. The summed E-state index contributed by atoms with van der Waals surface area (Å²) >= 11 is 1.45. The SMILES string of the molecule is CCCCN(C)C(=O)Nc1nc(C)cs1. The molecule has 0 saturated heterocycles. The summed E-state index contributed by atoms with van der Waals surface area (Å²) in [6.07, 6.45) is 2.12. The fraction of sp³-hybridized carbons (Fsp3) is 0.600. The van der Waals surface area contributed by atoms with Gasteiger partial charge in [-0.2, -0.15) is 0 Å². The maximum Gasteiger partial charge on any atom is 0.323 e. The minimum absolute atomic E-state index is 0.0854. The van der Waals surface area contributed by atoms with Crippen LogP contribution >= 0.6 is 11.3 Å². The highest BCUT2D eigenvalue weighted by Crippen LogP contribution is 2.14. The summed E-state index contributed by atoms with van der Waals surface area (Å²) in [6, 6.07) is -0.0854. The van der Waals surface area contributed by atoms with Crippen LogP contribution in [-0.4, -0.2) is 29.5 Å².